The number of hydrogen-bond donors (Lipinski definition) is 3. The second-order valence-corrected chi connectivity index (χ2v) is 6.59. The molecule has 0 bridgehead atoms. The van der Waals surface area contributed by atoms with Crippen molar-refractivity contribution < 1.29 is 24.5 Å². The molecule has 0 aliphatic carbocycles. The van der Waals surface area contributed by atoms with Gasteiger partial charge in [0.2, 0.25) is 0 Å². The van der Waals surface area contributed by atoms with Crippen LogP contribution in [0.3, 0.4) is 0 Å². The molecule has 0 radical (unpaired) electrons. The number of thioether (sulfide) groups is 1. The summed E-state index contributed by atoms with van der Waals surface area (Å²) in [5, 5.41) is 29.7. The lowest BCUT2D eigenvalue weighted by Gasteiger charge is -2.34. The number of hydrogen-bond acceptors (Lipinski definition) is 7. The molecule has 2 aromatic rings. The summed E-state index contributed by atoms with van der Waals surface area (Å²) in [5.41, 5.74) is -0.394. The van der Waals surface area contributed by atoms with Crippen molar-refractivity contribution in [2.45, 2.75) is 37.1 Å². The predicted molar refractivity (Wildman–Crippen MR) is 86.8 cm³/mol. The van der Waals surface area contributed by atoms with E-state index in [1.165, 1.54) is 17.8 Å². The number of fused-ring (bicyclic) bond motifs is 1. The SMILES string of the molecule is CCc1cc(=O)c2ccc(O[C@@H]3SC[C@@H](O)[C@H](O)[C@H]3O)cc2o1. The van der Waals surface area contributed by atoms with Gasteiger partial charge in [-0.15, -0.1) is 11.8 Å². The number of ether oxygens (including phenoxy) is 1. The molecule has 0 amide bonds. The van der Waals surface area contributed by atoms with Crippen LogP contribution in [0.5, 0.6) is 5.75 Å². The summed E-state index contributed by atoms with van der Waals surface area (Å²) in [5.74, 6) is 1.28. The van der Waals surface area contributed by atoms with Crippen LogP contribution in [0.25, 0.3) is 11.0 Å². The largest absolute Gasteiger partial charge is 0.477 e. The number of aryl methyl sites for hydroxylation is 1. The Labute approximate surface area is 136 Å². The third kappa shape index (κ3) is 3.23. The van der Waals surface area contributed by atoms with Crippen LogP contribution in [0.2, 0.25) is 0 Å². The fraction of sp³-hybridized carbons (Fsp3) is 0.438. The minimum atomic E-state index is -1.24. The summed E-state index contributed by atoms with van der Waals surface area (Å²) in [6.45, 7) is 1.90. The van der Waals surface area contributed by atoms with Crippen molar-refractivity contribution in [1.29, 1.82) is 0 Å². The fourth-order valence-corrected chi connectivity index (χ4v) is 3.57. The molecular formula is C16H18O6S. The Kier molecular flexibility index (Phi) is 4.63. The third-order valence-electron chi connectivity index (χ3n) is 3.81. The van der Waals surface area contributed by atoms with E-state index in [2.05, 4.69) is 0 Å². The van der Waals surface area contributed by atoms with Gasteiger partial charge in [-0.05, 0) is 12.1 Å². The van der Waals surface area contributed by atoms with Crippen LogP contribution in [0.15, 0.2) is 33.5 Å². The topological polar surface area (TPSA) is 100 Å². The Hall–Kier alpha value is -1.54. The van der Waals surface area contributed by atoms with E-state index in [1.54, 1.807) is 18.2 Å². The molecule has 23 heavy (non-hydrogen) atoms. The van der Waals surface area contributed by atoms with Gasteiger partial charge in [-0.2, -0.15) is 0 Å². The molecule has 1 saturated heterocycles. The van der Waals surface area contributed by atoms with Gasteiger partial charge in [0.25, 0.3) is 0 Å². The second kappa shape index (κ2) is 6.52. The van der Waals surface area contributed by atoms with Crippen molar-refractivity contribution in [3.8, 4) is 5.75 Å². The number of aliphatic hydroxyl groups is 3. The molecule has 7 heteroatoms. The molecule has 1 aliphatic rings. The molecule has 0 unspecified atom stereocenters. The first-order valence-electron chi connectivity index (χ1n) is 7.39. The summed E-state index contributed by atoms with van der Waals surface area (Å²) < 4.78 is 11.3. The van der Waals surface area contributed by atoms with Gasteiger partial charge in [-0.3, -0.25) is 4.79 Å². The van der Waals surface area contributed by atoms with Crippen molar-refractivity contribution in [2.75, 3.05) is 5.75 Å². The van der Waals surface area contributed by atoms with Gasteiger partial charge in [0, 0.05) is 24.3 Å². The normalized spacial score (nSPS) is 28.0. The first-order valence-corrected chi connectivity index (χ1v) is 8.43. The lowest BCUT2D eigenvalue weighted by molar-refractivity contribution is -0.0786. The first-order chi connectivity index (χ1) is 11.0. The van der Waals surface area contributed by atoms with E-state index in [0.29, 0.717) is 28.9 Å². The number of benzene rings is 1. The zero-order valence-electron chi connectivity index (χ0n) is 12.5. The number of aliphatic hydroxyl groups excluding tert-OH is 3. The van der Waals surface area contributed by atoms with Crippen molar-refractivity contribution in [2.24, 2.45) is 0 Å². The standard InChI is InChI=1S/C16H18O6S/c1-2-8-5-11(17)10-4-3-9(6-13(10)21-8)22-16-15(20)14(19)12(18)7-23-16/h3-6,12,14-16,18-20H,2,7H2,1H3/t12-,14+,15-,16-/m1/s1. The Balaban J connectivity index is 1.87. The first kappa shape index (κ1) is 16.3. The van der Waals surface area contributed by atoms with Crippen LogP contribution in [0.4, 0.5) is 0 Å². The van der Waals surface area contributed by atoms with E-state index in [0.717, 1.165) is 0 Å². The van der Waals surface area contributed by atoms with Crippen LogP contribution < -0.4 is 10.2 Å². The molecule has 0 saturated carbocycles. The monoisotopic (exact) mass is 338 g/mol. The van der Waals surface area contributed by atoms with E-state index in [1.807, 2.05) is 6.92 Å². The highest BCUT2D eigenvalue weighted by Gasteiger charge is 2.38. The molecule has 1 aromatic carbocycles. The van der Waals surface area contributed by atoms with E-state index in [4.69, 9.17) is 9.15 Å². The maximum atomic E-state index is 12.0. The van der Waals surface area contributed by atoms with Crippen molar-refractivity contribution in [1.82, 2.24) is 0 Å². The van der Waals surface area contributed by atoms with Crippen molar-refractivity contribution >= 4 is 22.7 Å². The van der Waals surface area contributed by atoms with Crippen LogP contribution >= 0.6 is 11.8 Å². The van der Waals surface area contributed by atoms with Crippen LogP contribution in [0.1, 0.15) is 12.7 Å². The van der Waals surface area contributed by atoms with E-state index >= 15 is 0 Å². The van der Waals surface area contributed by atoms with Gasteiger partial charge in [0.1, 0.15) is 29.3 Å². The summed E-state index contributed by atoms with van der Waals surface area (Å²) in [6, 6.07) is 6.30. The molecule has 4 atom stereocenters. The molecule has 2 heterocycles. The van der Waals surface area contributed by atoms with E-state index < -0.39 is 23.7 Å². The van der Waals surface area contributed by atoms with Gasteiger partial charge in [-0.1, -0.05) is 6.92 Å². The minimum absolute atomic E-state index is 0.111. The highest BCUT2D eigenvalue weighted by atomic mass is 32.2. The van der Waals surface area contributed by atoms with Crippen molar-refractivity contribution in [3.63, 3.8) is 0 Å². The van der Waals surface area contributed by atoms with Gasteiger partial charge in [0.15, 0.2) is 10.9 Å². The van der Waals surface area contributed by atoms with Gasteiger partial charge in [0.05, 0.1) is 11.5 Å². The summed E-state index contributed by atoms with van der Waals surface area (Å²) in [7, 11) is 0. The fourth-order valence-electron chi connectivity index (χ4n) is 2.45. The molecule has 3 rings (SSSR count). The highest BCUT2D eigenvalue weighted by molar-refractivity contribution is 7.99. The van der Waals surface area contributed by atoms with Crippen LogP contribution in [-0.2, 0) is 6.42 Å². The Bertz CT molecular complexity index is 758. The average Bonchev–Trinajstić information content (AvgIpc) is 2.55. The molecule has 124 valence electrons. The van der Waals surface area contributed by atoms with Gasteiger partial charge >= 0.3 is 0 Å². The molecular weight excluding hydrogens is 320 g/mol. The molecule has 0 spiro atoms. The Morgan fingerprint density at radius 2 is 2.04 bits per heavy atom. The number of rotatable bonds is 3. The smallest absolute Gasteiger partial charge is 0.192 e. The predicted octanol–water partition coefficient (Wildman–Crippen LogP) is 0.890. The second-order valence-electron chi connectivity index (χ2n) is 5.46. The third-order valence-corrected chi connectivity index (χ3v) is 5.04. The summed E-state index contributed by atoms with van der Waals surface area (Å²) in [6.07, 6.45) is -2.81. The summed E-state index contributed by atoms with van der Waals surface area (Å²) >= 11 is 1.22. The Morgan fingerprint density at radius 3 is 2.78 bits per heavy atom. The lowest BCUT2D eigenvalue weighted by atomic mass is 10.1. The quantitative estimate of drug-likeness (QED) is 0.764. The maximum absolute atomic E-state index is 12.0. The van der Waals surface area contributed by atoms with Crippen molar-refractivity contribution in [3.05, 3.63) is 40.2 Å². The highest BCUT2D eigenvalue weighted by Crippen LogP contribution is 2.30. The average molecular weight is 338 g/mol. The lowest BCUT2D eigenvalue weighted by Crippen LogP contribution is -2.50. The van der Waals surface area contributed by atoms with E-state index in [9.17, 15) is 20.1 Å². The minimum Gasteiger partial charge on any atom is -0.477 e. The zero-order valence-corrected chi connectivity index (χ0v) is 13.3. The maximum Gasteiger partial charge on any atom is 0.192 e. The zero-order chi connectivity index (χ0) is 16.6. The summed E-state index contributed by atoms with van der Waals surface area (Å²) in [4.78, 5) is 12.0. The molecule has 1 fully saturated rings. The molecule has 3 N–H and O–H groups in total. The van der Waals surface area contributed by atoms with Crippen LogP contribution in [-0.4, -0.2) is 44.8 Å². The molecule has 1 aromatic heterocycles. The van der Waals surface area contributed by atoms with Gasteiger partial charge < -0.3 is 24.5 Å². The molecule has 6 nitrogen and oxygen atoms in total. The van der Waals surface area contributed by atoms with Crippen LogP contribution in [0, 0.1) is 0 Å². The van der Waals surface area contributed by atoms with Gasteiger partial charge in [-0.25, -0.2) is 0 Å². The Morgan fingerprint density at radius 1 is 1.26 bits per heavy atom. The van der Waals surface area contributed by atoms with E-state index in [-0.39, 0.29) is 11.2 Å². The molecule has 1 aliphatic heterocycles.